The van der Waals surface area contributed by atoms with Crippen LogP contribution in [0.3, 0.4) is 0 Å². The molecule has 0 aliphatic carbocycles. The molecule has 1 aliphatic heterocycles. The van der Waals surface area contributed by atoms with Gasteiger partial charge in [-0.25, -0.2) is 9.59 Å². The highest BCUT2D eigenvalue weighted by atomic mass is 16.5. The van der Waals surface area contributed by atoms with Gasteiger partial charge in [0.2, 0.25) is 6.10 Å². The van der Waals surface area contributed by atoms with E-state index in [4.69, 9.17) is 15.6 Å². The largest absolute Gasteiger partial charge is 0.478 e. The number of hydrogen-bond donors (Lipinski definition) is 3. The zero-order valence-corrected chi connectivity index (χ0v) is 10.2. The highest BCUT2D eigenvalue weighted by molar-refractivity contribution is 5.95. The lowest BCUT2D eigenvalue weighted by molar-refractivity contribution is -0.144. The van der Waals surface area contributed by atoms with Gasteiger partial charge in [-0.15, -0.1) is 0 Å². The van der Waals surface area contributed by atoms with Crippen LogP contribution in [0.5, 0.6) is 5.75 Å². The van der Waals surface area contributed by atoms with Crippen molar-refractivity contribution < 1.29 is 19.4 Å². The Hall–Kier alpha value is -2.28. The van der Waals surface area contributed by atoms with Crippen LogP contribution < -0.4 is 20.7 Å². The van der Waals surface area contributed by atoms with Crippen molar-refractivity contribution in [1.29, 1.82) is 0 Å². The Morgan fingerprint density at radius 3 is 2.89 bits per heavy atom. The fourth-order valence-electron chi connectivity index (χ4n) is 1.83. The molecule has 7 heteroatoms. The molecular weight excluding hydrogens is 250 g/mol. The van der Waals surface area contributed by atoms with E-state index in [9.17, 15) is 9.59 Å². The summed E-state index contributed by atoms with van der Waals surface area (Å²) in [6.45, 7) is 0.610. The maximum atomic E-state index is 12.0. The van der Waals surface area contributed by atoms with Gasteiger partial charge in [0, 0.05) is 13.1 Å². The minimum Gasteiger partial charge on any atom is -0.478 e. The van der Waals surface area contributed by atoms with Gasteiger partial charge in [-0.2, -0.15) is 0 Å². The van der Waals surface area contributed by atoms with Crippen molar-refractivity contribution in [1.82, 2.24) is 5.32 Å². The van der Waals surface area contributed by atoms with E-state index in [1.807, 2.05) is 0 Å². The van der Waals surface area contributed by atoms with Crippen LogP contribution in [-0.2, 0) is 4.79 Å². The van der Waals surface area contributed by atoms with Gasteiger partial charge in [0.25, 0.3) is 0 Å². The van der Waals surface area contributed by atoms with Crippen molar-refractivity contribution in [2.45, 2.75) is 6.10 Å². The first-order valence-electron chi connectivity index (χ1n) is 5.87. The number of nitrogens with one attached hydrogen (secondary N) is 1. The number of carbonyl (C=O) groups excluding carboxylic acids is 1. The van der Waals surface area contributed by atoms with Gasteiger partial charge in [0.15, 0.2) is 0 Å². The summed E-state index contributed by atoms with van der Waals surface area (Å²) >= 11 is 0. The summed E-state index contributed by atoms with van der Waals surface area (Å²) in [5.41, 5.74) is 5.87. The predicted octanol–water partition coefficient (Wildman–Crippen LogP) is 0.00690. The number of nitrogens with zero attached hydrogens (tertiary/aromatic N) is 1. The minimum atomic E-state index is -1.11. The molecule has 0 saturated carbocycles. The second-order valence-electron chi connectivity index (χ2n) is 4.04. The maximum absolute atomic E-state index is 12.0. The molecule has 0 saturated heterocycles. The number of aliphatic carboxylic acids is 1. The third-order valence-corrected chi connectivity index (χ3v) is 2.71. The standard InChI is InChI=1S/C12H15N3O4/c13-5-6-14-12(18)15-7-10(11(16)17)19-9-4-2-1-3-8(9)15/h1-4,10H,5-7,13H2,(H,14,18)(H,16,17). The molecule has 1 unspecified atom stereocenters. The van der Waals surface area contributed by atoms with E-state index in [-0.39, 0.29) is 12.6 Å². The number of carboxylic acids is 1. The molecule has 0 aromatic heterocycles. The number of anilines is 1. The zero-order chi connectivity index (χ0) is 13.8. The fraction of sp³-hybridized carbons (Fsp3) is 0.333. The Labute approximate surface area is 109 Å². The van der Waals surface area contributed by atoms with Crippen LogP contribution in [-0.4, -0.2) is 42.8 Å². The van der Waals surface area contributed by atoms with Crippen molar-refractivity contribution in [3.8, 4) is 5.75 Å². The second kappa shape index (κ2) is 5.57. The molecule has 0 spiro atoms. The lowest BCUT2D eigenvalue weighted by Crippen LogP contribution is -2.51. The molecule has 2 amide bonds. The highest BCUT2D eigenvalue weighted by Crippen LogP contribution is 2.33. The van der Waals surface area contributed by atoms with E-state index in [2.05, 4.69) is 5.32 Å². The third-order valence-electron chi connectivity index (χ3n) is 2.71. The molecule has 0 bridgehead atoms. The number of nitrogens with two attached hydrogens (primary N) is 1. The van der Waals surface area contributed by atoms with Crippen LogP contribution >= 0.6 is 0 Å². The van der Waals surface area contributed by atoms with Crippen molar-refractivity contribution in [2.75, 3.05) is 24.5 Å². The second-order valence-corrected chi connectivity index (χ2v) is 4.04. The Bertz CT molecular complexity index is 492. The van der Waals surface area contributed by atoms with Crippen LogP contribution in [0.15, 0.2) is 24.3 Å². The maximum Gasteiger partial charge on any atom is 0.346 e. The Morgan fingerprint density at radius 2 is 2.21 bits per heavy atom. The summed E-state index contributed by atoms with van der Waals surface area (Å²) in [7, 11) is 0. The SMILES string of the molecule is NCCNC(=O)N1CC(C(=O)O)Oc2ccccc21. The first-order valence-corrected chi connectivity index (χ1v) is 5.87. The van der Waals surface area contributed by atoms with Gasteiger partial charge < -0.3 is 20.9 Å². The van der Waals surface area contributed by atoms with Crippen molar-refractivity contribution >= 4 is 17.7 Å². The molecule has 19 heavy (non-hydrogen) atoms. The predicted molar refractivity (Wildman–Crippen MR) is 68.3 cm³/mol. The quantitative estimate of drug-likeness (QED) is 0.714. The number of benzene rings is 1. The van der Waals surface area contributed by atoms with Crippen molar-refractivity contribution in [3.63, 3.8) is 0 Å². The lowest BCUT2D eigenvalue weighted by Gasteiger charge is -2.32. The van der Waals surface area contributed by atoms with Crippen LogP contribution in [0, 0.1) is 0 Å². The minimum absolute atomic E-state index is 0.0389. The van der Waals surface area contributed by atoms with Crippen LogP contribution in [0.1, 0.15) is 0 Å². The molecule has 1 aromatic carbocycles. The first kappa shape index (κ1) is 13.2. The third kappa shape index (κ3) is 2.76. The molecule has 1 aromatic rings. The summed E-state index contributed by atoms with van der Waals surface area (Å²) in [6.07, 6.45) is -1.07. The number of carbonyl (C=O) groups is 2. The highest BCUT2D eigenvalue weighted by Gasteiger charge is 2.33. The Balaban J connectivity index is 2.26. The molecular formula is C12H15N3O4. The van der Waals surface area contributed by atoms with Gasteiger partial charge in [-0.3, -0.25) is 4.90 Å². The molecule has 2 rings (SSSR count). The van der Waals surface area contributed by atoms with Crippen LogP contribution in [0.2, 0.25) is 0 Å². The van der Waals surface area contributed by atoms with E-state index in [0.29, 0.717) is 24.5 Å². The van der Waals surface area contributed by atoms with E-state index >= 15 is 0 Å². The molecule has 102 valence electrons. The fourth-order valence-corrected chi connectivity index (χ4v) is 1.83. The van der Waals surface area contributed by atoms with Crippen molar-refractivity contribution in [2.24, 2.45) is 5.73 Å². The molecule has 4 N–H and O–H groups in total. The average Bonchev–Trinajstić information content (AvgIpc) is 2.43. The molecule has 1 aliphatic rings. The number of rotatable bonds is 3. The van der Waals surface area contributed by atoms with E-state index in [1.54, 1.807) is 24.3 Å². The number of ether oxygens (including phenoxy) is 1. The molecule has 0 radical (unpaired) electrons. The average molecular weight is 265 g/mol. The lowest BCUT2D eigenvalue weighted by atomic mass is 10.2. The van der Waals surface area contributed by atoms with Crippen LogP contribution in [0.25, 0.3) is 0 Å². The van der Waals surface area contributed by atoms with Gasteiger partial charge in [-0.1, -0.05) is 12.1 Å². The van der Waals surface area contributed by atoms with E-state index < -0.39 is 12.1 Å². The topological polar surface area (TPSA) is 105 Å². The number of para-hydroxylation sites is 2. The van der Waals surface area contributed by atoms with Crippen LogP contribution in [0.4, 0.5) is 10.5 Å². The Kier molecular flexibility index (Phi) is 3.86. The van der Waals surface area contributed by atoms with E-state index in [0.717, 1.165) is 0 Å². The zero-order valence-electron chi connectivity index (χ0n) is 10.2. The van der Waals surface area contributed by atoms with Crippen molar-refractivity contribution in [3.05, 3.63) is 24.3 Å². The number of urea groups is 1. The summed E-state index contributed by atoms with van der Waals surface area (Å²) in [6, 6.07) is 6.43. The monoisotopic (exact) mass is 265 g/mol. The number of hydrogen-bond acceptors (Lipinski definition) is 4. The number of fused-ring (bicyclic) bond motifs is 1. The first-order chi connectivity index (χ1) is 9.13. The summed E-state index contributed by atoms with van der Waals surface area (Å²) in [5, 5.41) is 11.7. The van der Waals surface area contributed by atoms with Gasteiger partial charge >= 0.3 is 12.0 Å². The van der Waals surface area contributed by atoms with Gasteiger partial charge in [-0.05, 0) is 12.1 Å². The van der Waals surface area contributed by atoms with Gasteiger partial charge in [0.05, 0.1) is 12.2 Å². The molecule has 1 atom stereocenters. The molecule has 0 fully saturated rings. The summed E-state index contributed by atoms with van der Waals surface area (Å²) in [5.74, 6) is -0.727. The van der Waals surface area contributed by atoms with E-state index in [1.165, 1.54) is 4.90 Å². The Morgan fingerprint density at radius 1 is 1.47 bits per heavy atom. The summed E-state index contributed by atoms with van der Waals surface area (Å²) in [4.78, 5) is 24.4. The number of amides is 2. The smallest absolute Gasteiger partial charge is 0.346 e. The summed E-state index contributed by atoms with van der Waals surface area (Å²) < 4.78 is 5.33. The molecule has 1 heterocycles. The van der Waals surface area contributed by atoms with Gasteiger partial charge in [0.1, 0.15) is 5.75 Å². The normalized spacial score (nSPS) is 17.3. The molecule has 7 nitrogen and oxygen atoms in total. The number of carboxylic acid groups (broad SMARTS) is 1.